The molecule has 2 aromatic rings. The van der Waals surface area contributed by atoms with Crippen molar-refractivity contribution >= 4 is 23.4 Å². The molecular formula is C19H19N3O3. The van der Waals surface area contributed by atoms with Crippen LogP contribution in [0.5, 0.6) is 0 Å². The molecule has 2 aliphatic rings. The number of amides is 2. The smallest absolute Gasteiger partial charge is 0.414 e. The highest BCUT2D eigenvalue weighted by Gasteiger charge is 2.34. The average molecular weight is 337 g/mol. The Morgan fingerprint density at radius 1 is 1.20 bits per heavy atom. The van der Waals surface area contributed by atoms with E-state index in [1.54, 1.807) is 24.3 Å². The number of benzene rings is 2. The third-order valence-electron chi connectivity index (χ3n) is 4.62. The van der Waals surface area contributed by atoms with Crippen LogP contribution < -0.4 is 16.0 Å². The van der Waals surface area contributed by atoms with Crippen molar-refractivity contribution in [1.29, 1.82) is 0 Å². The first kappa shape index (κ1) is 15.7. The molecule has 1 saturated heterocycles. The first-order chi connectivity index (χ1) is 12.1. The summed E-state index contributed by atoms with van der Waals surface area (Å²) in [7, 11) is 0. The number of carbonyl (C=O) groups is 2. The maximum Gasteiger partial charge on any atom is 0.414 e. The third-order valence-corrected chi connectivity index (χ3v) is 4.62. The fourth-order valence-corrected chi connectivity index (χ4v) is 3.06. The van der Waals surface area contributed by atoms with Crippen LogP contribution in [0.2, 0.25) is 0 Å². The molecule has 4 rings (SSSR count). The van der Waals surface area contributed by atoms with Gasteiger partial charge in [-0.3, -0.25) is 9.69 Å². The van der Waals surface area contributed by atoms with Crippen molar-refractivity contribution in [2.45, 2.75) is 18.4 Å². The molecular weight excluding hydrogens is 318 g/mol. The van der Waals surface area contributed by atoms with Crippen molar-refractivity contribution in [2.24, 2.45) is 5.73 Å². The van der Waals surface area contributed by atoms with Crippen molar-refractivity contribution in [3.05, 3.63) is 59.7 Å². The van der Waals surface area contributed by atoms with Crippen molar-refractivity contribution in [2.75, 3.05) is 23.4 Å². The number of carbonyl (C=O) groups excluding carboxylic acids is 2. The van der Waals surface area contributed by atoms with Crippen LogP contribution in [0.25, 0.3) is 0 Å². The summed E-state index contributed by atoms with van der Waals surface area (Å²) in [5.41, 5.74) is 8.95. The molecule has 1 aliphatic carbocycles. The summed E-state index contributed by atoms with van der Waals surface area (Å²) in [5, 5.41) is 2.88. The van der Waals surface area contributed by atoms with E-state index in [1.807, 2.05) is 24.3 Å². The van der Waals surface area contributed by atoms with Crippen molar-refractivity contribution in [1.82, 2.24) is 0 Å². The molecule has 3 N–H and O–H groups in total. The lowest BCUT2D eigenvalue weighted by Crippen LogP contribution is -2.23. The molecule has 1 heterocycles. The first-order valence-electron chi connectivity index (χ1n) is 8.33. The van der Waals surface area contributed by atoms with E-state index in [-0.39, 0.29) is 18.0 Å². The maximum absolute atomic E-state index is 12.5. The Morgan fingerprint density at radius 2 is 1.96 bits per heavy atom. The van der Waals surface area contributed by atoms with E-state index >= 15 is 0 Å². The van der Waals surface area contributed by atoms with Crippen LogP contribution in [0.3, 0.4) is 0 Å². The minimum absolute atomic E-state index is 0.217. The molecule has 2 aromatic carbocycles. The van der Waals surface area contributed by atoms with Crippen LogP contribution in [0.15, 0.2) is 48.5 Å². The molecule has 0 radical (unpaired) electrons. The lowest BCUT2D eigenvalue weighted by atomic mass is 10.1. The van der Waals surface area contributed by atoms with Gasteiger partial charge in [0.25, 0.3) is 5.91 Å². The molecule has 2 amide bonds. The Kier molecular flexibility index (Phi) is 3.89. The summed E-state index contributed by atoms with van der Waals surface area (Å²) in [6, 6.07) is 15.0. The molecule has 0 bridgehead atoms. The van der Waals surface area contributed by atoms with Gasteiger partial charge in [-0.05, 0) is 42.3 Å². The Bertz CT molecular complexity index is 819. The van der Waals surface area contributed by atoms with E-state index in [0.717, 1.165) is 12.1 Å². The van der Waals surface area contributed by atoms with E-state index in [1.165, 1.54) is 10.5 Å². The predicted octanol–water partition coefficient (Wildman–Crippen LogP) is 2.71. The molecule has 6 nitrogen and oxygen atoms in total. The molecule has 6 heteroatoms. The molecule has 0 spiro atoms. The molecule has 0 aromatic heterocycles. The van der Waals surface area contributed by atoms with Crippen molar-refractivity contribution < 1.29 is 14.3 Å². The quantitative estimate of drug-likeness (QED) is 0.898. The van der Waals surface area contributed by atoms with Crippen molar-refractivity contribution in [3.63, 3.8) is 0 Å². The Balaban J connectivity index is 1.46. The van der Waals surface area contributed by atoms with Crippen LogP contribution in [-0.4, -0.2) is 31.2 Å². The summed E-state index contributed by atoms with van der Waals surface area (Å²) in [6.07, 6.45) is 0.642. The highest BCUT2D eigenvalue weighted by Crippen LogP contribution is 2.39. The standard InChI is InChI=1S/C19H19N3O3/c20-17-11-16(17)12-4-6-14(7-5-12)21-18(23)13-2-1-3-15(10-13)22-8-9-25-19(22)24/h1-7,10,16-17H,8-9,11,20H2,(H,21,23). The normalized spacial score (nSPS) is 21.8. The fraction of sp³-hybridized carbons (Fsp3) is 0.263. The van der Waals surface area contributed by atoms with Crippen LogP contribution in [-0.2, 0) is 4.74 Å². The Morgan fingerprint density at radius 3 is 2.60 bits per heavy atom. The number of hydrogen-bond acceptors (Lipinski definition) is 4. The molecule has 1 saturated carbocycles. The van der Waals surface area contributed by atoms with E-state index in [4.69, 9.17) is 10.5 Å². The van der Waals surface area contributed by atoms with Gasteiger partial charge in [0.1, 0.15) is 6.61 Å². The van der Waals surface area contributed by atoms with Crippen molar-refractivity contribution in [3.8, 4) is 0 Å². The van der Waals surface area contributed by atoms with Gasteiger partial charge in [-0.1, -0.05) is 18.2 Å². The van der Waals surface area contributed by atoms with E-state index in [0.29, 0.717) is 30.3 Å². The summed E-state index contributed by atoms with van der Waals surface area (Å²) >= 11 is 0. The zero-order valence-corrected chi connectivity index (χ0v) is 13.6. The van der Waals surface area contributed by atoms with E-state index in [9.17, 15) is 9.59 Å². The number of anilines is 2. The second-order valence-corrected chi connectivity index (χ2v) is 6.40. The number of nitrogens with one attached hydrogen (secondary N) is 1. The maximum atomic E-state index is 12.5. The second kappa shape index (κ2) is 6.22. The van der Waals surface area contributed by atoms with Crippen LogP contribution >= 0.6 is 0 Å². The van der Waals surface area contributed by atoms with Gasteiger partial charge in [0.2, 0.25) is 0 Å². The van der Waals surface area contributed by atoms with Gasteiger partial charge in [-0.15, -0.1) is 0 Å². The zero-order valence-electron chi connectivity index (χ0n) is 13.6. The second-order valence-electron chi connectivity index (χ2n) is 6.40. The fourth-order valence-electron chi connectivity index (χ4n) is 3.06. The van der Waals surface area contributed by atoms with E-state index in [2.05, 4.69) is 5.32 Å². The molecule has 25 heavy (non-hydrogen) atoms. The van der Waals surface area contributed by atoms with Gasteiger partial charge in [0.15, 0.2) is 0 Å². The first-order valence-corrected chi connectivity index (χ1v) is 8.33. The monoisotopic (exact) mass is 337 g/mol. The number of rotatable bonds is 4. The van der Waals surface area contributed by atoms with Gasteiger partial charge in [-0.25, -0.2) is 4.79 Å². The summed E-state index contributed by atoms with van der Waals surface area (Å²) < 4.78 is 4.94. The molecule has 128 valence electrons. The highest BCUT2D eigenvalue weighted by molar-refractivity contribution is 6.05. The predicted molar refractivity (Wildman–Crippen MR) is 94.9 cm³/mol. The molecule has 2 fully saturated rings. The number of ether oxygens (including phenoxy) is 1. The van der Waals surface area contributed by atoms with Gasteiger partial charge in [0, 0.05) is 28.9 Å². The van der Waals surface area contributed by atoms with Gasteiger partial charge < -0.3 is 15.8 Å². The number of nitrogens with zero attached hydrogens (tertiary/aromatic N) is 1. The topological polar surface area (TPSA) is 84.7 Å². The van der Waals surface area contributed by atoms with Gasteiger partial charge >= 0.3 is 6.09 Å². The SMILES string of the molecule is NC1CC1c1ccc(NC(=O)c2cccc(N3CCOC3=O)c2)cc1. The largest absolute Gasteiger partial charge is 0.447 e. The minimum atomic E-state index is -0.383. The number of nitrogens with two attached hydrogens (primary N) is 1. The third kappa shape index (κ3) is 3.21. The summed E-state index contributed by atoms with van der Waals surface area (Å²) in [5.74, 6) is 0.229. The summed E-state index contributed by atoms with van der Waals surface area (Å²) in [6.45, 7) is 0.862. The Labute approximate surface area is 145 Å². The zero-order chi connectivity index (χ0) is 17.4. The van der Waals surface area contributed by atoms with E-state index < -0.39 is 0 Å². The van der Waals surface area contributed by atoms with Crippen LogP contribution in [0.4, 0.5) is 16.2 Å². The van der Waals surface area contributed by atoms with Gasteiger partial charge in [0.05, 0.1) is 6.54 Å². The minimum Gasteiger partial charge on any atom is -0.447 e. The lowest BCUT2D eigenvalue weighted by molar-refractivity contribution is 0.102. The number of cyclic esters (lactones) is 1. The summed E-state index contributed by atoms with van der Waals surface area (Å²) in [4.78, 5) is 25.7. The van der Waals surface area contributed by atoms with Crippen LogP contribution in [0.1, 0.15) is 28.3 Å². The average Bonchev–Trinajstić information content (AvgIpc) is 3.20. The number of hydrogen-bond donors (Lipinski definition) is 2. The molecule has 2 unspecified atom stereocenters. The van der Waals surface area contributed by atoms with Gasteiger partial charge in [-0.2, -0.15) is 0 Å². The molecule has 2 atom stereocenters. The van der Waals surface area contributed by atoms with Crippen LogP contribution in [0, 0.1) is 0 Å². The Hall–Kier alpha value is -2.86. The lowest BCUT2D eigenvalue weighted by Gasteiger charge is -2.14. The molecule has 1 aliphatic heterocycles. The highest BCUT2D eigenvalue weighted by atomic mass is 16.6.